The monoisotopic (exact) mass is 495 g/mol. The second kappa shape index (κ2) is 11.0. The molecule has 178 valence electrons. The summed E-state index contributed by atoms with van der Waals surface area (Å²) in [7, 11) is 0. The van der Waals surface area contributed by atoms with Gasteiger partial charge < -0.3 is 10.2 Å². The quantitative estimate of drug-likeness (QED) is 0.359. The molecular formula is C26H20F3N3O2S. The van der Waals surface area contributed by atoms with Crippen LogP contribution in [-0.4, -0.2) is 21.7 Å². The molecule has 1 aromatic heterocycles. The average molecular weight is 496 g/mol. The predicted octanol–water partition coefficient (Wildman–Crippen LogP) is 5.33. The summed E-state index contributed by atoms with van der Waals surface area (Å²) in [6.45, 7) is 0.484. The van der Waals surface area contributed by atoms with E-state index < -0.39 is 11.7 Å². The Bertz CT molecular complexity index is 1310. The number of nitrogens with one attached hydrogen (secondary N) is 1. The highest BCUT2D eigenvalue weighted by Gasteiger charge is 2.20. The van der Waals surface area contributed by atoms with Gasteiger partial charge in [0.1, 0.15) is 28.2 Å². The molecule has 0 atom stereocenters. The molecule has 1 heterocycles. The fourth-order valence-electron chi connectivity index (χ4n) is 3.31. The topological polar surface area (TPSA) is 62.3 Å². The van der Waals surface area contributed by atoms with E-state index in [9.17, 15) is 22.8 Å². The molecule has 0 radical (unpaired) electrons. The Balaban J connectivity index is 1.47. The zero-order chi connectivity index (χ0) is 24.8. The Morgan fingerprint density at radius 2 is 1.31 bits per heavy atom. The molecule has 0 bridgehead atoms. The molecule has 3 aromatic carbocycles. The van der Waals surface area contributed by atoms with Crippen molar-refractivity contribution in [3.05, 3.63) is 123 Å². The van der Waals surface area contributed by atoms with E-state index in [2.05, 4.69) is 10.3 Å². The lowest BCUT2D eigenvalue weighted by Gasteiger charge is -2.22. The van der Waals surface area contributed by atoms with Crippen molar-refractivity contribution >= 4 is 23.2 Å². The number of benzene rings is 3. The van der Waals surface area contributed by atoms with Gasteiger partial charge in [0.15, 0.2) is 0 Å². The molecule has 4 aromatic rings. The Morgan fingerprint density at radius 1 is 0.771 bits per heavy atom. The molecule has 0 aliphatic rings. The van der Waals surface area contributed by atoms with Crippen LogP contribution in [0.5, 0.6) is 0 Å². The van der Waals surface area contributed by atoms with E-state index in [1.807, 2.05) is 0 Å². The molecular weight excluding hydrogens is 475 g/mol. The predicted molar refractivity (Wildman–Crippen MR) is 126 cm³/mol. The molecule has 0 aliphatic heterocycles. The molecule has 5 nitrogen and oxygen atoms in total. The van der Waals surface area contributed by atoms with Gasteiger partial charge >= 0.3 is 0 Å². The van der Waals surface area contributed by atoms with E-state index in [1.54, 1.807) is 29.6 Å². The first-order valence-corrected chi connectivity index (χ1v) is 11.5. The van der Waals surface area contributed by atoms with Crippen molar-refractivity contribution < 1.29 is 22.8 Å². The molecule has 0 saturated heterocycles. The Hall–Kier alpha value is -3.98. The fourth-order valence-corrected chi connectivity index (χ4v) is 4.10. The van der Waals surface area contributed by atoms with E-state index in [0.717, 1.165) is 5.56 Å². The number of carbonyl (C=O) groups excluding carboxylic acids is 2. The third kappa shape index (κ3) is 6.54. The number of hydrogen-bond donors (Lipinski definition) is 1. The second-order valence-corrected chi connectivity index (χ2v) is 8.67. The number of thiazole rings is 1. The maximum atomic E-state index is 13.3. The number of nitrogens with zero attached hydrogens (tertiary/aromatic N) is 2. The minimum absolute atomic E-state index is 0.101. The number of rotatable bonds is 8. The van der Waals surface area contributed by atoms with Gasteiger partial charge in [-0.2, -0.15) is 0 Å². The highest BCUT2D eigenvalue weighted by molar-refractivity contribution is 7.09. The van der Waals surface area contributed by atoms with Gasteiger partial charge in [0.2, 0.25) is 0 Å². The van der Waals surface area contributed by atoms with Crippen molar-refractivity contribution in [1.29, 1.82) is 0 Å². The minimum Gasteiger partial charge on any atom is -0.347 e. The molecule has 0 fully saturated rings. The molecule has 4 rings (SSSR count). The third-order valence-electron chi connectivity index (χ3n) is 5.14. The number of carbonyl (C=O) groups is 2. The van der Waals surface area contributed by atoms with Gasteiger partial charge in [-0.3, -0.25) is 9.59 Å². The zero-order valence-electron chi connectivity index (χ0n) is 18.4. The number of aromatic nitrogens is 1. The van der Waals surface area contributed by atoms with Crippen LogP contribution >= 0.6 is 11.3 Å². The van der Waals surface area contributed by atoms with Crippen molar-refractivity contribution in [2.24, 2.45) is 0 Å². The molecule has 35 heavy (non-hydrogen) atoms. The van der Waals surface area contributed by atoms with Crippen molar-refractivity contribution in [3.63, 3.8) is 0 Å². The number of halogens is 3. The Labute approximate surface area is 203 Å². The first kappa shape index (κ1) is 24.2. The van der Waals surface area contributed by atoms with Gasteiger partial charge in [-0.25, -0.2) is 18.2 Å². The van der Waals surface area contributed by atoms with Gasteiger partial charge in [0, 0.05) is 24.0 Å². The average Bonchev–Trinajstić information content (AvgIpc) is 3.33. The fraction of sp³-hybridized carbons (Fsp3) is 0.115. The van der Waals surface area contributed by atoms with Crippen molar-refractivity contribution in [2.75, 3.05) is 0 Å². The molecule has 1 N–H and O–H groups in total. The summed E-state index contributed by atoms with van der Waals surface area (Å²) >= 11 is 1.22. The number of hydrogen-bond acceptors (Lipinski definition) is 4. The van der Waals surface area contributed by atoms with Crippen LogP contribution in [0.25, 0.3) is 0 Å². The summed E-state index contributed by atoms with van der Waals surface area (Å²) in [5.74, 6) is -1.95. The van der Waals surface area contributed by atoms with Crippen LogP contribution in [-0.2, 0) is 19.6 Å². The standard InChI is InChI=1S/C26H20F3N3O2S/c27-20-7-1-17(2-8-20)13-30-25(33)23-16-35-24(31-23)15-32(14-18-3-9-21(28)10-4-18)26(34)19-5-11-22(29)12-6-19/h1-12,16H,13-15H2,(H,30,33). The maximum absolute atomic E-state index is 13.3. The SMILES string of the molecule is O=C(NCc1ccc(F)cc1)c1csc(CN(Cc2ccc(F)cc2)C(=O)c2ccc(F)cc2)n1. The number of amides is 2. The minimum atomic E-state index is -0.456. The lowest BCUT2D eigenvalue weighted by atomic mass is 10.1. The normalized spacial score (nSPS) is 10.7. The van der Waals surface area contributed by atoms with Crippen LogP contribution in [0.1, 0.15) is 37.0 Å². The zero-order valence-corrected chi connectivity index (χ0v) is 19.2. The lowest BCUT2D eigenvalue weighted by Crippen LogP contribution is -2.30. The summed E-state index contributed by atoms with van der Waals surface area (Å²) in [4.78, 5) is 31.5. The van der Waals surface area contributed by atoms with Crippen LogP contribution in [0.2, 0.25) is 0 Å². The highest BCUT2D eigenvalue weighted by Crippen LogP contribution is 2.18. The molecule has 2 amide bonds. The van der Waals surface area contributed by atoms with Crippen molar-refractivity contribution in [3.8, 4) is 0 Å². The molecule has 0 aliphatic carbocycles. The Morgan fingerprint density at radius 3 is 1.91 bits per heavy atom. The van der Waals surface area contributed by atoms with E-state index >= 15 is 0 Å². The van der Waals surface area contributed by atoms with E-state index in [-0.39, 0.29) is 42.9 Å². The third-order valence-corrected chi connectivity index (χ3v) is 5.98. The van der Waals surface area contributed by atoms with E-state index in [4.69, 9.17) is 0 Å². The molecule has 9 heteroatoms. The van der Waals surface area contributed by atoms with Crippen LogP contribution < -0.4 is 5.32 Å². The van der Waals surface area contributed by atoms with Gasteiger partial charge in [0.25, 0.3) is 11.8 Å². The summed E-state index contributed by atoms with van der Waals surface area (Å²) in [5, 5.41) is 4.85. The molecule has 0 saturated carbocycles. The van der Waals surface area contributed by atoms with Gasteiger partial charge in [-0.1, -0.05) is 24.3 Å². The van der Waals surface area contributed by atoms with E-state index in [0.29, 0.717) is 16.1 Å². The summed E-state index contributed by atoms with van der Waals surface area (Å²) < 4.78 is 39.7. The van der Waals surface area contributed by atoms with Gasteiger partial charge in [-0.15, -0.1) is 11.3 Å². The summed E-state index contributed by atoms with van der Waals surface area (Å²) in [6.07, 6.45) is 0. The molecule has 0 spiro atoms. The maximum Gasteiger partial charge on any atom is 0.271 e. The largest absolute Gasteiger partial charge is 0.347 e. The smallest absolute Gasteiger partial charge is 0.271 e. The Kier molecular flexibility index (Phi) is 7.57. The lowest BCUT2D eigenvalue weighted by molar-refractivity contribution is 0.0730. The van der Waals surface area contributed by atoms with Crippen molar-refractivity contribution in [1.82, 2.24) is 15.2 Å². The van der Waals surface area contributed by atoms with Crippen LogP contribution in [0.3, 0.4) is 0 Å². The van der Waals surface area contributed by atoms with Gasteiger partial charge in [0.05, 0.1) is 6.54 Å². The van der Waals surface area contributed by atoms with Gasteiger partial charge in [-0.05, 0) is 59.7 Å². The van der Waals surface area contributed by atoms with Crippen LogP contribution in [0, 0.1) is 17.5 Å². The first-order valence-electron chi connectivity index (χ1n) is 10.6. The summed E-state index contributed by atoms with van der Waals surface area (Å²) in [5.41, 5.74) is 1.94. The molecule has 0 unspecified atom stereocenters. The van der Waals surface area contributed by atoms with Crippen LogP contribution in [0.15, 0.2) is 78.2 Å². The first-order chi connectivity index (χ1) is 16.9. The van der Waals surface area contributed by atoms with E-state index in [1.165, 1.54) is 64.8 Å². The van der Waals surface area contributed by atoms with Crippen LogP contribution in [0.4, 0.5) is 13.2 Å². The summed E-state index contributed by atoms with van der Waals surface area (Å²) in [6, 6.07) is 16.8. The second-order valence-electron chi connectivity index (χ2n) is 7.73. The van der Waals surface area contributed by atoms with Crippen molar-refractivity contribution in [2.45, 2.75) is 19.6 Å². The highest BCUT2D eigenvalue weighted by atomic mass is 32.1.